The third-order valence-electron chi connectivity index (χ3n) is 2.82. The van der Waals surface area contributed by atoms with E-state index < -0.39 is 18.0 Å². The fraction of sp³-hybridized carbons (Fsp3) is 0.812. The van der Waals surface area contributed by atoms with Crippen LogP contribution in [0.4, 0.5) is 4.79 Å². The second-order valence-electron chi connectivity index (χ2n) is 4.51. The van der Waals surface area contributed by atoms with Crippen LogP contribution in [0.5, 0.6) is 0 Å². The summed E-state index contributed by atoms with van der Waals surface area (Å²) in [6.45, 7) is 5.34. The van der Waals surface area contributed by atoms with Crippen LogP contribution < -0.4 is 0 Å². The lowest BCUT2D eigenvalue weighted by atomic mass is 10.4. The first kappa shape index (κ1) is 25.5. The summed E-state index contributed by atoms with van der Waals surface area (Å²) in [7, 11) is 0. The van der Waals surface area contributed by atoms with Crippen molar-refractivity contribution in [3.8, 4) is 0 Å². The van der Waals surface area contributed by atoms with Gasteiger partial charge in [0.05, 0.1) is 13.2 Å². The number of carbonyl (C=O) groups excluding carboxylic acids is 3. The van der Waals surface area contributed by atoms with Gasteiger partial charge in [-0.2, -0.15) is 0 Å². The molecule has 0 bridgehead atoms. The van der Waals surface area contributed by atoms with Gasteiger partial charge in [0.15, 0.2) is 6.29 Å². The smallest absolute Gasteiger partial charge is 0.430 e. The minimum Gasteiger partial charge on any atom is -0.430 e. The number of imide groups is 1. The third-order valence-corrected chi connectivity index (χ3v) is 2.82. The Morgan fingerprint density at radius 2 is 1.56 bits per heavy atom. The fourth-order valence-corrected chi connectivity index (χ4v) is 1.81. The van der Waals surface area contributed by atoms with Gasteiger partial charge in [0.1, 0.15) is 6.61 Å². The fourth-order valence-electron chi connectivity index (χ4n) is 1.81. The van der Waals surface area contributed by atoms with Gasteiger partial charge in [-0.1, -0.05) is 19.9 Å². The van der Waals surface area contributed by atoms with Crippen molar-refractivity contribution in [2.24, 2.45) is 0 Å². The molecule has 0 saturated carbocycles. The van der Waals surface area contributed by atoms with Crippen LogP contribution in [0, 0.1) is 0 Å². The van der Waals surface area contributed by atoms with Crippen LogP contribution in [-0.2, 0) is 33.4 Å². The molecule has 0 radical (unpaired) electrons. The highest BCUT2D eigenvalue weighted by atomic mass is 16.8. The number of nitrogens with zero attached hydrogens (tertiary/aromatic N) is 1. The number of hydrogen-bond donors (Lipinski definition) is 0. The Morgan fingerprint density at radius 3 is 2.08 bits per heavy atom. The lowest BCUT2D eigenvalue weighted by Crippen LogP contribution is -2.32. The van der Waals surface area contributed by atoms with Crippen molar-refractivity contribution in [2.45, 2.75) is 54.3 Å². The summed E-state index contributed by atoms with van der Waals surface area (Å²) in [6, 6.07) is 0. The maximum atomic E-state index is 11.3. The molecule has 0 atom stereocenters. The molecule has 2 amide bonds. The lowest BCUT2D eigenvalue weighted by molar-refractivity contribution is -0.177. The monoisotopic (exact) mass is 365 g/mol. The van der Waals surface area contributed by atoms with Gasteiger partial charge in [0, 0.05) is 32.5 Å². The lowest BCUT2D eigenvalue weighted by Gasteiger charge is -2.16. The quantitative estimate of drug-likeness (QED) is 0.238. The Bertz CT molecular complexity index is 380. The Hall–Kier alpha value is -1.71. The van der Waals surface area contributed by atoms with Crippen molar-refractivity contribution in [2.75, 3.05) is 33.0 Å². The first-order chi connectivity index (χ1) is 11.1. The van der Waals surface area contributed by atoms with Gasteiger partial charge in [-0.25, -0.2) is 4.79 Å². The van der Waals surface area contributed by atoms with Crippen LogP contribution in [0.15, 0.2) is 0 Å². The molecule has 9 heteroatoms. The van der Waals surface area contributed by atoms with E-state index in [1.807, 2.05) is 13.8 Å². The first-order valence-electron chi connectivity index (χ1n) is 7.59. The molecule has 25 heavy (non-hydrogen) atoms. The van der Waals surface area contributed by atoms with E-state index in [1.165, 1.54) is 0 Å². The average Bonchev–Trinajstić information content (AvgIpc) is 2.83. The van der Waals surface area contributed by atoms with Crippen molar-refractivity contribution < 1.29 is 38.2 Å². The molecule has 0 aliphatic carbocycles. The average molecular weight is 365 g/mol. The maximum absolute atomic E-state index is 11.3. The molecule has 1 aliphatic heterocycles. The van der Waals surface area contributed by atoms with Crippen LogP contribution in [-0.4, -0.2) is 62.4 Å². The third kappa shape index (κ3) is 10.0. The molecule has 0 aromatic rings. The summed E-state index contributed by atoms with van der Waals surface area (Å²) in [5.41, 5.74) is 0. The van der Waals surface area contributed by atoms with Crippen molar-refractivity contribution in [1.29, 1.82) is 0 Å². The summed E-state index contributed by atoms with van der Waals surface area (Å²) < 4.78 is 20.7. The molecule has 9 nitrogen and oxygen atoms in total. The van der Waals surface area contributed by atoms with Gasteiger partial charge < -0.3 is 18.9 Å². The summed E-state index contributed by atoms with van der Waals surface area (Å²) in [4.78, 5) is 38.3. The Labute approximate surface area is 149 Å². The molecular weight excluding hydrogens is 334 g/mol. The number of hydrogen-bond acceptors (Lipinski definition) is 8. The second-order valence-corrected chi connectivity index (χ2v) is 4.51. The molecule has 0 N–H and O–H groups in total. The van der Waals surface area contributed by atoms with Crippen molar-refractivity contribution in [3.63, 3.8) is 0 Å². The van der Waals surface area contributed by atoms with E-state index in [0.29, 0.717) is 31.3 Å². The number of carbonyl (C=O) groups is 3. The SMILES string of the molecule is C.C.CCOC(CCOCCOC(=O)ON1C(=O)CCC1=O)OCC. The van der Waals surface area contributed by atoms with Crippen molar-refractivity contribution in [1.82, 2.24) is 5.06 Å². The zero-order chi connectivity index (χ0) is 17.1. The zero-order valence-electron chi connectivity index (χ0n) is 13.4. The molecule has 0 unspecified atom stereocenters. The second kappa shape index (κ2) is 14.6. The predicted molar refractivity (Wildman–Crippen MR) is 89.5 cm³/mol. The van der Waals surface area contributed by atoms with E-state index in [0.717, 1.165) is 0 Å². The molecule has 148 valence electrons. The van der Waals surface area contributed by atoms with Crippen LogP contribution in [0.1, 0.15) is 48.0 Å². The van der Waals surface area contributed by atoms with Gasteiger partial charge in [0.25, 0.3) is 11.8 Å². The van der Waals surface area contributed by atoms with Crippen LogP contribution >= 0.6 is 0 Å². The van der Waals surface area contributed by atoms with E-state index in [1.54, 1.807) is 0 Å². The highest BCUT2D eigenvalue weighted by molar-refractivity contribution is 6.01. The minimum atomic E-state index is -1.11. The van der Waals surface area contributed by atoms with Gasteiger partial charge >= 0.3 is 6.16 Å². The Balaban J connectivity index is 0. The Morgan fingerprint density at radius 1 is 1.00 bits per heavy atom. The molecule has 1 aliphatic rings. The van der Waals surface area contributed by atoms with E-state index in [2.05, 4.69) is 4.84 Å². The topological polar surface area (TPSA) is 101 Å². The molecule has 0 spiro atoms. The summed E-state index contributed by atoms with van der Waals surface area (Å²) in [5.74, 6) is -1.11. The molecule has 0 aromatic heterocycles. The predicted octanol–water partition coefficient (Wildman–Crippen LogP) is 2.28. The van der Waals surface area contributed by atoms with Gasteiger partial charge in [-0.15, -0.1) is 0 Å². The summed E-state index contributed by atoms with van der Waals surface area (Å²) in [5, 5.41) is 0.429. The molecule has 1 heterocycles. The van der Waals surface area contributed by atoms with E-state index >= 15 is 0 Å². The standard InChI is InChI=1S/C14H23NO8.2CH4/c1-3-20-13(21-4-2)7-8-19-9-10-22-14(18)23-15-11(16)5-6-12(15)17;;/h13H,3-10H2,1-2H3;2*1H4. The van der Waals surface area contributed by atoms with Gasteiger partial charge in [-0.3, -0.25) is 14.4 Å². The number of ether oxygens (including phenoxy) is 4. The summed E-state index contributed by atoms with van der Waals surface area (Å²) >= 11 is 0. The molecule has 1 rings (SSSR count). The molecule has 1 saturated heterocycles. The largest absolute Gasteiger partial charge is 0.534 e. The Kier molecular flexibility index (Phi) is 14.9. The highest BCUT2D eigenvalue weighted by Crippen LogP contribution is 2.12. The zero-order valence-corrected chi connectivity index (χ0v) is 13.4. The van der Waals surface area contributed by atoms with Crippen LogP contribution in [0.3, 0.4) is 0 Å². The van der Waals surface area contributed by atoms with Crippen LogP contribution in [0.2, 0.25) is 0 Å². The van der Waals surface area contributed by atoms with Crippen molar-refractivity contribution >= 4 is 18.0 Å². The molecule has 1 fully saturated rings. The van der Waals surface area contributed by atoms with Crippen LogP contribution in [0.25, 0.3) is 0 Å². The highest BCUT2D eigenvalue weighted by Gasteiger charge is 2.33. The van der Waals surface area contributed by atoms with E-state index in [4.69, 9.17) is 18.9 Å². The first-order valence-corrected chi connectivity index (χ1v) is 7.59. The number of hydroxylamine groups is 2. The number of amides is 2. The summed E-state index contributed by atoms with van der Waals surface area (Å²) in [6.07, 6.45) is -0.795. The van der Waals surface area contributed by atoms with E-state index in [-0.39, 0.29) is 47.2 Å². The van der Waals surface area contributed by atoms with Gasteiger partial charge in [0.2, 0.25) is 0 Å². The number of rotatable bonds is 11. The minimum absolute atomic E-state index is 0. The maximum Gasteiger partial charge on any atom is 0.534 e. The molecular formula is C16H31NO8. The normalized spacial score (nSPS) is 13.5. The van der Waals surface area contributed by atoms with Gasteiger partial charge in [-0.05, 0) is 13.8 Å². The van der Waals surface area contributed by atoms with E-state index in [9.17, 15) is 14.4 Å². The van der Waals surface area contributed by atoms with Crippen molar-refractivity contribution in [3.05, 3.63) is 0 Å². The molecule has 0 aromatic carbocycles.